The number of carboxylic acids is 1. The van der Waals surface area contributed by atoms with Crippen LogP contribution in [0.4, 0.5) is 0 Å². The highest BCUT2D eigenvalue weighted by atomic mass is 16.4. The molecule has 21 heavy (non-hydrogen) atoms. The lowest BCUT2D eigenvalue weighted by Crippen LogP contribution is -2.36. The van der Waals surface area contributed by atoms with E-state index in [2.05, 4.69) is 4.98 Å². The van der Waals surface area contributed by atoms with E-state index in [4.69, 9.17) is 0 Å². The van der Waals surface area contributed by atoms with Gasteiger partial charge in [-0.25, -0.2) is 0 Å². The van der Waals surface area contributed by atoms with Crippen LogP contribution in [0.3, 0.4) is 0 Å². The van der Waals surface area contributed by atoms with Gasteiger partial charge in [0.15, 0.2) is 0 Å². The van der Waals surface area contributed by atoms with Crippen molar-refractivity contribution in [2.24, 2.45) is 17.8 Å². The number of pyridine rings is 1. The Bertz CT molecular complexity index is 544. The predicted molar refractivity (Wildman–Crippen MR) is 78.5 cm³/mol. The maximum absolute atomic E-state index is 12.5. The normalized spacial score (nSPS) is 24.8. The Morgan fingerprint density at radius 2 is 2.00 bits per heavy atom. The number of carboxylic acid groups (broad SMARTS) is 1. The summed E-state index contributed by atoms with van der Waals surface area (Å²) in [5.41, 5.74) is 1.73. The third-order valence-corrected chi connectivity index (χ3v) is 4.15. The second-order valence-electron chi connectivity index (χ2n) is 6.09. The van der Waals surface area contributed by atoms with E-state index >= 15 is 0 Å². The van der Waals surface area contributed by atoms with Crippen molar-refractivity contribution in [3.05, 3.63) is 29.6 Å². The lowest BCUT2D eigenvalue weighted by atomic mass is 9.95. The summed E-state index contributed by atoms with van der Waals surface area (Å²) >= 11 is 0. The first kappa shape index (κ1) is 15.5. The van der Waals surface area contributed by atoms with Crippen molar-refractivity contribution in [1.82, 2.24) is 9.88 Å². The average molecular weight is 290 g/mol. The van der Waals surface area contributed by atoms with Gasteiger partial charge in [-0.1, -0.05) is 13.0 Å². The molecule has 0 spiro atoms. The van der Waals surface area contributed by atoms with Gasteiger partial charge in [0.05, 0.1) is 24.1 Å². The molecule has 1 fully saturated rings. The topological polar surface area (TPSA) is 70.5 Å². The summed E-state index contributed by atoms with van der Waals surface area (Å²) < 4.78 is 0. The van der Waals surface area contributed by atoms with Crippen LogP contribution in [-0.4, -0.2) is 33.9 Å². The number of aryl methyl sites for hydroxylation is 1. The van der Waals surface area contributed by atoms with Crippen molar-refractivity contribution in [2.75, 3.05) is 7.05 Å². The smallest absolute Gasteiger partial charge is 0.307 e. The fourth-order valence-corrected chi connectivity index (χ4v) is 3.13. The minimum Gasteiger partial charge on any atom is -0.481 e. The van der Waals surface area contributed by atoms with E-state index in [9.17, 15) is 14.7 Å². The zero-order valence-corrected chi connectivity index (χ0v) is 12.7. The van der Waals surface area contributed by atoms with Crippen molar-refractivity contribution < 1.29 is 14.7 Å². The highest BCUT2D eigenvalue weighted by Gasteiger charge is 2.42. The molecule has 0 radical (unpaired) electrons. The number of nitrogens with zero attached hydrogens (tertiary/aromatic N) is 2. The second-order valence-corrected chi connectivity index (χ2v) is 6.09. The van der Waals surface area contributed by atoms with Crippen molar-refractivity contribution in [1.29, 1.82) is 0 Å². The SMILES string of the molecule is Cc1cccc(CN(C)C(=O)C2CC(C)CC2C(=O)O)n1. The molecular weight excluding hydrogens is 268 g/mol. The standard InChI is InChI=1S/C16H22N2O3/c1-10-7-13(14(8-10)16(20)21)15(19)18(3)9-12-6-4-5-11(2)17-12/h4-6,10,13-14H,7-9H2,1-3H3,(H,20,21). The van der Waals surface area contributed by atoms with Crippen LogP contribution in [-0.2, 0) is 16.1 Å². The summed E-state index contributed by atoms with van der Waals surface area (Å²) in [6, 6.07) is 5.70. The fourth-order valence-electron chi connectivity index (χ4n) is 3.13. The Balaban J connectivity index is 2.06. The third kappa shape index (κ3) is 3.60. The molecule has 1 aromatic heterocycles. The number of amides is 1. The van der Waals surface area contributed by atoms with Gasteiger partial charge in [-0.3, -0.25) is 14.6 Å². The van der Waals surface area contributed by atoms with Crippen LogP contribution in [0.5, 0.6) is 0 Å². The molecule has 1 saturated carbocycles. The molecule has 1 heterocycles. The Kier molecular flexibility index (Phi) is 4.60. The number of rotatable bonds is 4. The van der Waals surface area contributed by atoms with Gasteiger partial charge in [0.2, 0.25) is 5.91 Å². The van der Waals surface area contributed by atoms with Gasteiger partial charge in [-0.15, -0.1) is 0 Å². The molecule has 1 aliphatic carbocycles. The van der Waals surface area contributed by atoms with Crippen LogP contribution in [0.25, 0.3) is 0 Å². The number of aromatic nitrogens is 1. The van der Waals surface area contributed by atoms with E-state index < -0.39 is 17.8 Å². The lowest BCUT2D eigenvalue weighted by molar-refractivity contribution is -0.148. The summed E-state index contributed by atoms with van der Waals surface area (Å²) in [5, 5.41) is 9.28. The molecule has 5 nitrogen and oxygen atoms in total. The van der Waals surface area contributed by atoms with Crippen LogP contribution < -0.4 is 0 Å². The monoisotopic (exact) mass is 290 g/mol. The highest BCUT2D eigenvalue weighted by Crippen LogP contribution is 2.37. The summed E-state index contributed by atoms with van der Waals surface area (Å²) in [4.78, 5) is 29.8. The summed E-state index contributed by atoms with van der Waals surface area (Å²) in [5.74, 6) is -1.63. The molecule has 0 bridgehead atoms. The van der Waals surface area contributed by atoms with Crippen LogP contribution in [0.15, 0.2) is 18.2 Å². The molecule has 5 heteroatoms. The van der Waals surface area contributed by atoms with Crippen LogP contribution >= 0.6 is 0 Å². The molecule has 1 amide bonds. The van der Waals surface area contributed by atoms with Crippen molar-refractivity contribution in [2.45, 2.75) is 33.2 Å². The Labute approximate surface area is 125 Å². The largest absolute Gasteiger partial charge is 0.481 e. The zero-order chi connectivity index (χ0) is 15.6. The van der Waals surface area contributed by atoms with Gasteiger partial charge >= 0.3 is 5.97 Å². The minimum absolute atomic E-state index is 0.0879. The van der Waals surface area contributed by atoms with E-state index in [0.717, 1.165) is 11.4 Å². The lowest BCUT2D eigenvalue weighted by Gasteiger charge is -2.23. The number of hydrogen-bond acceptors (Lipinski definition) is 3. The maximum Gasteiger partial charge on any atom is 0.307 e. The molecule has 3 atom stereocenters. The number of carbonyl (C=O) groups excluding carboxylic acids is 1. The van der Waals surface area contributed by atoms with Crippen molar-refractivity contribution >= 4 is 11.9 Å². The van der Waals surface area contributed by atoms with Crippen LogP contribution in [0.2, 0.25) is 0 Å². The van der Waals surface area contributed by atoms with E-state index in [1.807, 2.05) is 32.0 Å². The highest BCUT2D eigenvalue weighted by molar-refractivity contribution is 5.85. The zero-order valence-electron chi connectivity index (χ0n) is 12.7. The number of aliphatic carboxylic acids is 1. The molecule has 0 aliphatic heterocycles. The molecule has 1 aliphatic rings. The van der Waals surface area contributed by atoms with Gasteiger partial charge in [-0.05, 0) is 37.8 Å². The van der Waals surface area contributed by atoms with Gasteiger partial charge in [0.1, 0.15) is 0 Å². The maximum atomic E-state index is 12.5. The first-order valence-corrected chi connectivity index (χ1v) is 7.28. The number of hydrogen-bond donors (Lipinski definition) is 1. The van der Waals surface area contributed by atoms with Gasteiger partial charge < -0.3 is 10.0 Å². The van der Waals surface area contributed by atoms with Crippen molar-refractivity contribution in [3.8, 4) is 0 Å². The Morgan fingerprint density at radius 3 is 2.62 bits per heavy atom. The summed E-state index contributed by atoms with van der Waals surface area (Å²) in [6.07, 6.45) is 1.24. The van der Waals surface area contributed by atoms with Gasteiger partial charge in [0, 0.05) is 12.7 Å². The number of carbonyl (C=O) groups is 2. The molecule has 1 aromatic rings. The fraction of sp³-hybridized carbons (Fsp3) is 0.562. The quantitative estimate of drug-likeness (QED) is 0.922. The average Bonchev–Trinajstić information content (AvgIpc) is 2.80. The van der Waals surface area contributed by atoms with Crippen molar-refractivity contribution in [3.63, 3.8) is 0 Å². The van der Waals surface area contributed by atoms with E-state index in [-0.39, 0.29) is 11.8 Å². The van der Waals surface area contributed by atoms with Crippen LogP contribution in [0, 0.1) is 24.7 Å². The van der Waals surface area contributed by atoms with E-state index in [1.54, 1.807) is 11.9 Å². The molecule has 1 N–H and O–H groups in total. The first-order valence-electron chi connectivity index (χ1n) is 7.28. The molecular formula is C16H22N2O3. The minimum atomic E-state index is -0.861. The first-order chi connectivity index (χ1) is 9.88. The summed E-state index contributed by atoms with van der Waals surface area (Å²) in [6.45, 7) is 4.33. The molecule has 0 saturated heterocycles. The third-order valence-electron chi connectivity index (χ3n) is 4.15. The van der Waals surface area contributed by atoms with E-state index in [1.165, 1.54) is 0 Å². The van der Waals surface area contributed by atoms with Gasteiger partial charge in [0.25, 0.3) is 0 Å². The Morgan fingerprint density at radius 1 is 1.33 bits per heavy atom. The second kappa shape index (κ2) is 6.24. The molecule has 3 unspecified atom stereocenters. The van der Waals surface area contributed by atoms with E-state index in [0.29, 0.717) is 19.4 Å². The molecule has 114 valence electrons. The Hall–Kier alpha value is -1.91. The predicted octanol–water partition coefficient (Wildman–Crippen LogP) is 2.10. The summed E-state index contributed by atoms with van der Waals surface area (Å²) in [7, 11) is 1.72. The van der Waals surface area contributed by atoms with Crippen LogP contribution in [0.1, 0.15) is 31.2 Å². The molecule has 0 aromatic carbocycles. The molecule has 2 rings (SSSR count). The van der Waals surface area contributed by atoms with Gasteiger partial charge in [-0.2, -0.15) is 0 Å².